The van der Waals surface area contributed by atoms with Gasteiger partial charge in [0.05, 0.1) is 6.04 Å². The van der Waals surface area contributed by atoms with Crippen molar-refractivity contribution in [3.63, 3.8) is 0 Å². The fourth-order valence-electron chi connectivity index (χ4n) is 2.37. The number of hydrogen-bond donors (Lipinski definition) is 1. The fourth-order valence-corrected chi connectivity index (χ4v) is 2.37. The molecule has 1 aromatic carbocycles. The Morgan fingerprint density at radius 2 is 1.85 bits per heavy atom. The van der Waals surface area contributed by atoms with Gasteiger partial charge in [-0.2, -0.15) is 0 Å². The number of aromatic nitrogens is 2. The number of aryl methyl sites for hydroxylation is 1. The highest BCUT2D eigenvalue weighted by molar-refractivity contribution is 5.31. The van der Waals surface area contributed by atoms with E-state index in [0.717, 1.165) is 24.4 Å². The van der Waals surface area contributed by atoms with Crippen LogP contribution in [0, 0.1) is 0 Å². The third-order valence-electron chi connectivity index (χ3n) is 3.63. The average Bonchev–Trinajstić information content (AvgIpc) is 2.86. The molecule has 108 valence electrons. The quantitative estimate of drug-likeness (QED) is 0.922. The zero-order valence-electron chi connectivity index (χ0n) is 12.9. The van der Waals surface area contributed by atoms with Crippen molar-refractivity contribution in [2.45, 2.75) is 52.1 Å². The Hall–Kier alpha value is -1.61. The van der Waals surface area contributed by atoms with E-state index in [2.05, 4.69) is 61.5 Å². The maximum atomic E-state index is 6.37. The summed E-state index contributed by atoms with van der Waals surface area (Å²) in [5, 5.41) is 0. The van der Waals surface area contributed by atoms with E-state index in [1.165, 1.54) is 5.56 Å². The summed E-state index contributed by atoms with van der Waals surface area (Å²) >= 11 is 0. The molecule has 1 unspecified atom stereocenters. The molecular formula is C17H25N3. The molecule has 0 saturated carbocycles. The Labute approximate surface area is 121 Å². The van der Waals surface area contributed by atoms with Crippen molar-refractivity contribution in [3.8, 4) is 0 Å². The zero-order valence-corrected chi connectivity index (χ0v) is 12.9. The molecular weight excluding hydrogens is 246 g/mol. The fraction of sp³-hybridized carbons (Fsp3) is 0.471. The molecule has 0 bridgehead atoms. The monoisotopic (exact) mass is 271 g/mol. The maximum Gasteiger partial charge on any atom is 0.130 e. The van der Waals surface area contributed by atoms with Crippen LogP contribution in [0.5, 0.6) is 0 Å². The zero-order chi connectivity index (χ0) is 14.8. The Morgan fingerprint density at radius 1 is 1.20 bits per heavy atom. The number of benzene rings is 1. The van der Waals surface area contributed by atoms with Crippen LogP contribution in [-0.2, 0) is 12.0 Å². The van der Waals surface area contributed by atoms with Crippen molar-refractivity contribution in [1.29, 1.82) is 0 Å². The van der Waals surface area contributed by atoms with Crippen molar-refractivity contribution >= 4 is 0 Å². The van der Waals surface area contributed by atoms with E-state index < -0.39 is 0 Å². The topological polar surface area (TPSA) is 43.8 Å². The SMILES string of the molecule is CCCn1ccnc1C(N)c1ccc(C(C)(C)C)cc1. The summed E-state index contributed by atoms with van der Waals surface area (Å²) in [5.41, 5.74) is 8.97. The van der Waals surface area contributed by atoms with Crippen molar-refractivity contribution in [2.75, 3.05) is 0 Å². The van der Waals surface area contributed by atoms with Crippen LogP contribution in [0.4, 0.5) is 0 Å². The third kappa shape index (κ3) is 3.10. The van der Waals surface area contributed by atoms with Crippen LogP contribution in [0.1, 0.15) is 57.1 Å². The standard InChI is InChI=1S/C17H25N3/c1-5-11-20-12-10-19-16(20)15(18)13-6-8-14(9-7-13)17(2,3)4/h6-10,12,15H,5,11,18H2,1-4H3. The highest BCUT2D eigenvalue weighted by Crippen LogP contribution is 2.25. The lowest BCUT2D eigenvalue weighted by Gasteiger charge is -2.20. The van der Waals surface area contributed by atoms with Gasteiger partial charge in [-0.05, 0) is 23.0 Å². The summed E-state index contributed by atoms with van der Waals surface area (Å²) in [6.07, 6.45) is 4.91. The van der Waals surface area contributed by atoms with Gasteiger partial charge in [-0.1, -0.05) is 52.0 Å². The van der Waals surface area contributed by atoms with Crippen molar-refractivity contribution in [3.05, 3.63) is 53.6 Å². The summed E-state index contributed by atoms with van der Waals surface area (Å²) in [6.45, 7) is 9.78. The van der Waals surface area contributed by atoms with Crippen molar-refractivity contribution in [2.24, 2.45) is 5.73 Å². The van der Waals surface area contributed by atoms with Crippen LogP contribution < -0.4 is 5.73 Å². The van der Waals surface area contributed by atoms with Gasteiger partial charge >= 0.3 is 0 Å². The number of imidazole rings is 1. The minimum absolute atomic E-state index is 0.162. The van der Waals surface area contributed by atoms with E-state index in [-0.39, 0.29) is 11.5 Å². The second-order valence-electron chi connectivity index (χ2n) is 6.33. The molecule has 0 radical (unpaired) electrons. The molecule has 2 N–H and O–H groups in total. The van der Waals surface area contributed by atoms with Crippen molar-refractivity contribution < 1.29 is 0 Å². The Bertz CT molecular complexity index is 546. The van der Waals surface area contributed by atoms with Gasteiger partial charge < -0.3 is 10.3 Å². The van der Waals surface area contributed by atoms with Crippen LogP contribution in [-0.4, -0.2) is 9.55 Å². The van der Waals surface area contributed by atoms with Crippen LogP contribution in [0.15, 0.2) is 36.7 Å². The molecule has 0 spiro atoms. The lowest BCUT2D eigenvalue weighted by atomic mass is 9.86. The molecule has 2 aromatic rings. The second kappa shape index (κ2) is 5.80. The van der Waals surface area contributed by atoms with Gasteiger partial charge in [0.1, 0.15) is 5.82 Å². The summed E-state index contributed by atoms with van der Waals surface area (Å²) < 4.78 is 2.14. The lowest BCUT2D eigenvalue weighted by Crippen LogP contribution is -2.18. The molecule has 1 atom stereocenters. The predicted octanol–water partition coefficient (Wildman–Crippen LogP) is 3.64. The first kappa shape index (κ1) is 14.8. The largest absolute Gasteiger partial charge is 0.333 e. The number of nitrogens with two attached hydrogens (primary N) is 1. The van der Waals surface area contributed by atoms with E-state index in [1.54, 1.807) is 0 Å². The molecule has 1 heterocycles. The number of nitrogens with zero attached hydrogens (tertiary/aromatic N) is 2. The van der Waals surface area contributed by atoms with Crippen LogP contribution in [0.25, 0.3) is 0 Å². The lowest BCUT2D eigenvalue weighted by molar-refractivity contribution is 0.588. The number of rotatable bonds is 4. The smallest absolute Gasteiger partial charge is 0.130 e. The molecule has 3 nitrogen and oxygen atoms in total. The normalized spacial score (nSPS) is 13.4. The van der Waals surface area contributed by atoms with Gasteiger partial charge in [0, 0.05) is 18.9 Å². The predicted molar refractivity (Wildman–Crippen MR) is 83.7 cm³/mol. The van der Waals surface area contributed by atoms with E-state index in [4.69, 9.17) is 5.73 Å². The molecule has 0 amide bonds. The molecule has 1 aromatic heterocycles. The minimum atomic E-state index is -0.162. The van der Waals surface area contributed by atoms with Gasteiger partial charge in [0.25, 0.3) is 0 Å². The van der Waals surface area contributed by atoms with E-state index >= 15 is 0 Å². The van der Waals surface area contributed by atoms with E-state index in [9.17, 15) is 0 Å². The van der Waals surface area contributed by atoms with Crippen molar-refractivity contribution in [1.82, 2.24) is 9.55 Å². The molecule has 3 heteroatoms. The molecule has 0 aliphatic rings. The molecule has 0 aliphatic carbocycles. The molecule has 0 fully saturated rings. The van der Waals surface area contributed by atoms with Gasteiger partial charge in [-0.3, -0.25) is 0 Å². The molecule has 0 saturated heterocycles. The summed E-state index contributed by atoms with van der Waals surface area (Å²) in [4.78, 5) is 4.42. The summed E-state index contributed by atoms with van der Waals surface area (Å²) in [5.74, 6) is 0.940. The summed E-state index contributed by atoms with van der Waals surface area (Å²) in [6, 6.07) is 8.42. The Kier molecular flexibility index (Phi) is 4.29. The van der Waals surface area contributed by atoms with Crippen LogP contribution >= 0.6 is 0 Å². The van der Waals surface area contributed by atoms with E-state index in [1.807, 2.05) is 12.4 Å². The summed E-state index contributed by atoms with van der Waals surface area (Å²) in [7, 11) is 0. The Balaban J connectivity index is 2.25. The van der Waals surface area contributed by atoms with Gasteiger partial charge in [-0.15, -0.1) is 0 Å². The first-order chi connectivity index (χ1) is 9.43. The highest BCUT2D eigenvalue weighted by atomic mass is 15.1. The Morgan fingerprint density at radius 3 is 2.40 bits per heavy atom. The van der Waals surface area contributed by atoms with Gasteiger partial charge in [-0.25, -0.2) is 4.98 Å². The van der Waals surface area contributed by atoms with Crippen LogP contribution in [0.2, 0.25) is 0 Å². The second-order valence-corrected chi connectivity index (χ2v) is 6.33. The highest BCUT2D eigenvalue weighted by Gasteiger charge is 2.17. The molecule has 20 heavy (non-hydrogen) atoms. The van der Waals surface area contributed by atoms with Gasteiger partial charge in [0.2, 0.25) is 0 Å². The first-order valence-electron chi connectivity index (χ1n) is 7.30. The number of hydrogen-bond acceptors (Lipinski definition) is 2. The van der Waals surface area contributed by atoms with Gasteiger partial charge in [0.15, 0.2) is 0 Å². The van der Waals surface area contributed by atoms with Crippen LogP contribution in [0.3, 0.4) is 0 Å². The molecule has 2 rings (SSSR count). The third-order valence-corrected chi connectivity index (χ3v) is 3.63. The van der Waals surface area contributed by atoms with E-state index in [0.29, 0.717) is 0 Å². The first-order valence-corrected chi connectivity index (χ1v) is 7.30. The molecule has 0 aliphatic heterocycles. The average molecular weight is 271 g/mol. The maximum absolute atomic E-state index is 6.37. The minimum Gasteiger partial charge on any atom is -0.333 e.